The smallest absolute Gasteiger partial charge is 0.236 e. The van der Waals surface area contributed by atoms with E-state index in [-0.39, 0.29) is 6.04 Å². The molecule has 0 spiro atoms. The Morgan fingerprint density at radius 2 is 1.89 bits per heavy atom. The molecule has 6 rings (SSSR count). The van der Waals surface area contributed by atoms with Gasteiger partial charge in [-0.15, -0.1) is 0 Å². The molecular formula is C27H31N9. The maximum atomic E-state index is 9.25. The Bertz CT molecular complexity index is 1400. The highest BCUT2D eigenvalue weighted by molar-refractivity contribution is 5.83. The minimum absolute atomic E-state index is 0.288. The quantitative estimate of drug-likeness (QED) is 0.397. The summed E-state index contributed by atoms with van der Waals surface area (Å²) < 4.78 is 4.07. The second-order valence-electron chi connectivity index (χ2n) is 9.95. The molecule has 4 N–H and O–H groups in total. The van der Waals surface area contributed by atoms with E-state index >= 15 is 0 Å². The first-order valence-corrected chi connectivity index (χ1v) is 12.8. The number of fused-ring (bicyclic) bond motifs is 1. The zero-order valence-electron chi connectivity index (χ0n) is 20.3. The van der Waals surface area contributed by atoms with E-state index in [1.807, 2.05) is 47.4 Å². The van der Waals surface area contributed by atoms with Gasteiger partial charge in [0.25, 0.3) is 0 Å². The van der Waals surface area contributed by atoms with Crippen LogP contribution in [0, 0.1) is 11.3 Å². The summed E-state index contributed by atoms with van der Waals surface area (Å²) in [6.07, 6.45) is 14.2. The predicted octanol–water partition coefficient (Wildman–Crippen LogP) is 3.76. The second kappa shape index (κ2) is 9.72. The number of nitrogens with zero attached hydrogens (tertiary/aromatic N) is 6. The normalized spacial score (nSPS) is 20.9. The van der Waals surface area contributed by atoms with Crippen molar-refractivity contribution < 1.29 is 0 Å². The van der Waals surface area contributed by atoms with Crippen LogP contribution in [0.3, 0.4) is 0 Å². The summed E-state index contributed by atoms with van der Waals surface area (Å²) in [6.45, 7) is 2.05. The van der Waals surface area contributed by atoms with E-state index in [2.05, 4.69) is 27.6 Å². The number of nitriles is 1. The topological polar surface area (TPSA) is 122 Å². The fourth-order valence-electron chi connectivity index (χ4n) is 5.40. The number of benzene rings is 1. The van der Waals surface area contributed by atoms with Crippen LogP contribution in [0.4, 0.5) is 5.82 Å². The molecule has 184 valence electrons. The Labute approximate surface area is 210 Å². The van der Waals surface area contributed by atoms with Crippen molar-refractivity contribution in [2.24, 2.45) is 5.73 Å². The Kier molecular flexibility index (Phi) is 6.13. The average molecular weight is 482 g/mol. The van der Waals surface area contributed by atoms with Crippen LogP contribution in [0.25, 0.3) is 28.0 Å². The molecule has 9 nitrogen and oxygen atoms in total. The Balaban J connectivity index is 1.37. The van der Waals surface area contributed by atoms with Crippen molar-refractivity contribution in [2.45, 2.75) is 56.7 Å². The van der Waals surface area contributed by atoms with Crippen LogP contribution in [0.15, 0.2) is 49.1 Å². The van der Waals surface area contributed by atoms with Crippen LogP contribution in [0.2, 0.25) is 0 Å². The van der Waals surface area contributed by atoms with E-state index in [9.17, 15) is 5.26 Å². The molecule has 4 aromatic rings. The lowest BCUT2D eigenvalue weighted by molar-refractivity contribution is 0.343. The van der Waals surface area contributed by atoms with Crippen molar-refractivity contribution in [1.29, 1.82) is 5.26 Å². The molecular weight excluding hydrogens is 450 g/mol. The second-order valence-corrected chi connectivity index (χ2v) is 9.95. The summed E-state index contributed by atoms with van der Waals surface area (Å²) in [7, 11) is 0. The van der Waals surface area contributed by atoms with Gasteiger partial charge in [-0.3, -0.25) is 9.25 Å². The van der Waals surface area contributed by atoms with Gasteiger partial charge in [-0.2, -0.15) is 15.3 Å². The van der Waals surface area contributed by atoms with Crippen molar-refractivity contribution >= 4 is 16.7 Å². The zero-order chi connectivity index (χ0) is 24.5. The molecule has 1 saturated heterocycles. The van der Waals surface area contributed by atoms with E-state index in [4.69, 9.17) is 20.8 Å². The maximum absolute atomic E-state index is 9.25. The van der Waals surface area contributed by atoms with E-state index in [1.54, 1.807) is 0 Å². The Morgan fingerprint density at radius 1 is 1.06 bits per heavy atom. The molecule has 0 bridgehead atoms. The minimum atomic E-state index is 0.288. The number of aromatic nitrogens is 5. The average Bonchev–Trinajstić information content (AvgIpc) is 3.58. The van der Waals surface area contributed by atoms with Gasteiger partial charge in [-0.25, -0.2) is 4.98 Å². The van der Waals surface area contributed by atoms with Crippen LogP contribution in [0.5, 0.6) is 0 Å². The van der Waals surface area contributed by atoms with Crippen LogP contribution in [0.1, 0.15) is 50.1 Å². The summed E-state index contributed by atoms with van der Waals surface area (Å²) in [4.78, 5) is 9.77. The number of hydrogen-bond acceptors (Lipinski definition) is 7. The van der Waals surface area contributed by atoms with Crippen molar-refractivity contribution in [3.63, 3.8) is 0 Å². The van der Waals surface area contributed by atoms with Crippen LogP contribution in [-0.2, 0) is 0 Å². The summed E-state index contributed by atoms with van der Waals surface area (Å²) in [5.41, 5.74) is 9.74. The molecule has 3 aromatic heterocycles. The van der Waals surface area contributed by atoms with E-state index in [1.165, 1.54) is 0 Å². The molecule has 1 saturated carbocycles. The molecule has 0 atom stereocenters. The van der Waals surface area contributed by atoms with Gasteiger partial charge >= 0.3 is 0 Å². The first-order chi connectivity index (χ1) is 17.7. The van der Waals surface area contributed by atoms with Crippen molar-refractivity contribution in [3.8, 4) is 23.1 Å². The standard InChI is InChI=1S/C27H31N9/c28-14-18-1-6-25-19(13-18)9-12-35(25)27-31-16-24(26(34-27)33-22-4-2-21(29)3-5-22)20-15-32-36(17-20)23-7-10-30-11-8-23/h1,6,9,12-13,15-17,21-23,30H,2-5,7-8,10-11,29H2,(H,31,33,34). The third-order valence-corrected chi connectivity index (χ3v) is 7.52. The van der Waals surface area contributed by atoms with Gasteiger partial charge in [0.15, 0.2) is 0 Å². The predicted molar refractivity (Wildman–Crippen MR) is 140 cm³/mol. The summed E-state index contributed by atoms with van der Waals surface area (Å²) in [6, 6.07) is 10.9. The Hall–Kier alpha value is -3.74. The van der Waals surface area contributed by atoms with Crippen molar-refractivity contribution in [2.75, 3.05) is 18.4 Å². The molecule has 2 fully saturated rings. The van der Waals surface area contributed by atoms with Gasteiger partial charge in [-0.05, 0) is 75.9 Å². The number of nitrogens with one attached hydrogen (secondary N) is 2. The number of piperidine rings is 1. The lowest BCUT2D eigenvalue weighted by atomic mass is 9.91. The van der Waals surface area contributed by atoms with E-state index < -0.39 is 0 Å². The Morgan fingerprint density at radius 3 is 2.69 bits per heavy atom. The summed E-state index contributed by atoms with van der Waals surface area (Å²) in [5.74, 6) is 1.42. The lowest BCUT2D eigenvalue weighted by Crippen LogP contribution is -2.33. The number of hydrogen-bond donors (Lipinski definition) is 3. The first-order valence-electron chi connectivity index (χ1n) is 12.8. The van der Waals surface area contributed by atoms with Gasteiger partial charge < -0.3 is 16.4 Å². The molecule has 0 radical (unpaired) electrons. The first kappa shape index (κ1) is 22.7. The number of nitrogens with two attached hydrogens (primary N) is 1. The molecule has 9 heteroatoms. The summed E-state index contributed by atoms with van der Waals surface area (Å²) in [5, 5.41) is 22.1. The van der Waals surface area contributed by atoms with Crippen LogP contribution < -0.4 is 16.4 Å². The zero-order valence-corrected chi connectivity index (χ0v) is 20.3. The SMILES string of the molecule is N#Cc1ccc2c(ccn2-c2ncc(-c3cnn(C4CCNCC4)c3)c(NC3CCC(N)CC3)n2)c1. The largest absolute Gasteiger partial charge is 0.367 e. The highest BCUT2D eigenvalue weighted by Crippen LogP contribution is 2.31. The van der Waals surface area contributed by atoms with Gasteiger partial charge in [0.1, 0.15) is 5.82 Å². The van der Waals surface area contributed by atoms with Crippen LogP contribution in [-0.4, -0.2) is 49.5 Å². The van der Waals surface area contributed by atoms with Crippen LogP contribution >= 0.6 is 0 Å². The van der Waals surface area contributed by atoms with E-state index in [0.29, 0.717) is 23.6 Å². The minimum Gasteiger partial charge on any atom is -0.367 e. The van der Waals surface area contributed by atoms with Gasteiger partial charge in [0.05, 0.1) is 29.4 Å². The van der Waals surface area contributed by atoms with E-state index in [0.717, 1.165) is 79.5 Å². The molecule has 0 unspecified atom stereocenters. The van der Waals surface area contributed by atoms with Crippen molar-refractivity contribution in [1.82, 2.24) is 29.6 Å². The molecule has 1 aliphatic heterocycles. The van der Waals surface area contributed by atoms with Gasteiger partial charge in [0.2, 0.25) is 5.95 Å². The molecule has 36 heavy (non-hydrogen) atoms. The lowest BCUT2D eigenvalue weighted by Gasteiger charge is -2.28. The number of rotatable bonds is 5. The highest BCUT2D eigenvalue weighted by atomic mass is 15.3. The monoisotopic (exact) mass is 481 g/mol. The maximum Gasteiger partial charge on any atom is 0.236 e. The molecule has 1 aromatic carbocycles. The third-order valence-electron chi connectivity index (χ3n) is 7.52. The molecule has 2 aliphatic rings. The fourth-order valence-corrected chi connectivity index (χ4v) is 5.40. The molecule has 4 heterocycles. The van der Waals surface area contributed by atoms with Gasteiger partial charge in [0, 0.05) is 47.2 Å². The summed E-state index contributed by atoms with van der Waals surface area (Å²) >= 11 is 0. The van der Waals surface area contributed by atoms with Gasteiger partial charge in [-0.1, -0.05) is 0 Å². The third kappa shape index (κ3) is 4.45. The molecule has 1 aliphatic carbocycles. The fraction of sp³-hybridized carbons (Fsp3) is 0.407. The number of anilines is 1. The molecule has 0 amide bonds. The van der Waals surface area contributed by atoms with Crippen molar-refractivity contribution in [3.05, 3.63) is 54.6 Å². The highest BCUT2D eigenvalue weighted by Gasteiger charge is 2.22.